The molecule has 298 valence electrons. The fraction of sp³-hybridized carbons (Fsp3) is 0.182. The number of fused-ring (bicyclic) bond motifs is 3. The first-order valence-corrected chi connectivity index (χ1v) is 19.1. The Labute approximate surface area is 341 Å². The number of halogens is 4. The second-order valence-electron chi connectivity index (χ2n) is 14.8. The molecule has 60 heavy (non-hydrogen) atoms. The summed E-state index contributed by atoms with van der Waals surface area (Å²) in [5, 5.41) is 9.64. The Balaban J connectivity index is 1.66. The minimum Gasteiger partial charge on any atom is -0.493 e. The summed E-state index contributed by atoms with van der Waals surface area (Å²) in [7, 11) is -6.75. The van der Waals surface area contributed by atoms with Gasteiger partial charge in [-0.15, -0.1) is 0 Å². The SMILES string of the molecule is [C-]#[N+]/C(c1nc2ccccc2o1)=c1\c2c(-c3cccc(OCC(C)C)c3)n(B(F)F)/c(=C(/C#N)c3nc4ccccc4o3)c2c(-c2cccc(OCC(C)C)c2)n1B(F)F. The van der Waals surface area contributed by atoms with E-state index >= 15 is 17.3 Å². The van der Waals surface area contributed by atoms with Crippen molar-refractivity contribution in [2.45, 2.75) is 27.7 Å². The predicted octanol–water partition coefficient (Wildman–Crippen LogP) is 9.47. The second-order valence-corrected chi connectivity index (χ2v) is 14.8. The molecule has 10 nitrogen and oxygen atoms in total. The van der Waals surface area contributed by atoms with Crippen LogP contribution in [0.25, 0.3) is 71.6 Å². The molecule has 0 amide bonds. The van der Waals surface area contributed by atoms with Gasteiger partial charge in [0.05, 0.1) is 30.5 Å². The summed E-state index contributed by atoms with van der Waals surface area (Å²) in [6.07, 6.45) is 0. The third kappa shape index (κ3) is 7.15. The van der Waals surface area contributed by atoms with E-state index in [1.54, 1.807) is 72.8 Å². The van der Waals surface area contributed by atoms with Crippen LogP contribution in [0.5, 0.6) is 11.5 Å². The molecule has 0 spiro atoms. The Hall–Kier alpha value is -7.19. The van der Waals surface area contributed by atoms with Gasteiger partial charge < -0.3 is 27.3 Å². The molecular weight excluding hydrogens is 774 g/mol. The average molecular weight is 808 g/mol. The van der Waals surface area contributed by atoms with Crippen molar-refractivity contribution in [3.8, 4) is 40.1 Å². The summed E-state index contributed by atoms with van der Waals surface area (Å²) in [6, 6.07) is 27.9. The smallest absolute Gasteiger partial charge is 0.493 e. The van der Waals surface area contributed by atoms with Gasteiger partial charge in [0.2, 0.25) is 11.8 Å². The van der Waals surface area contributed by atoms with Crippen LogP contribution in [-0.2, 0) is 0 Å². The molecule has 0 saturated heterocycles. The first kappa shape index (κ1) is 39.6. The fourth-order valence-corrected chi connectivity index (χ4v) is 7.19. The molecule has 0 aliphatic carbocycles. The van der Waals surface area contributed by atoms with Crippen molar-refractivity contribution in [1.29, 1.82) is 5.26 Å². The lowest BCUT2D eigenvalue weighted by atomic mass is 10.0. The number of hydrogen-bond acceptors (Lipinski definition) is 7. The van der Waals surface area contributed by atoms with Crippen LogP contribution < -0.4 is 20.2 Å². The van der Waals surface area contributed by atoms with Crippen molar-refractivity contribution < 1.29 is 35.6 Å². The number of rotatable bonds is 12. The standard InChI is InChI=1S/C44H34B2F4N6O4/c1-25(2)23-57-29-14-10-12-27(20-29)39-36-37(42(56(39)46(49)50)38(52-5)44-54-33-17-7-9-19-35(33)60-44)40(28-13-11-15-30(21-28)58-24-26(3)4)55(45(47)48)41(36)31(22-51)43-53-32-16-6-8-18-34(32)59-43/h6-21,25-26H,23-24H2,1-4H3/b41-31-,42-38+. The van der Waals surface area contributed by atoms with Gasteiger partial charge in [0.15, 0.2) is 11.2 Å². The van der Waals surface area contributed by atoms with Crippen molar-refractivity contribution in [2.75, 3.05) is 13.2 Å². The molecule has 16 heteroatoms. The summed E-state index contributed by atoms with van der Waals surface area (Å²) in [6.45, 7) is 16.9. The van der Waals surface area contributed by atoms with Crippen LogP contribution in [0.15, 0.2) is 106 Å². The Bertz CT molecular complexity index is 2860. The van der Waals surface area contributed by atoms with Crippen LogP contribution >= 0.6 is 0 Å². The van der Waals surface area contributed by atoms with Crippen LogP contribution in [0.3, 0.4) is 0 Å². The van der Waals surface area contributed by atoms with Crippen LogP contribution in [0, 0.1) is 29.7 Å². The van der Waals surface area contributed by atoms with Crippen molar-refractivity contribution in [2.24, 2.45) is 11.8 Å². The quantitative estimate of drug-likeness (QED) is 0.0688. The lowest BCUT2D eigenvalue weighted by molar-refractivity contribution is 0.271. The van der Waals surface area contributed by atoms with E-state index in [4.69, 9.17) is 24.9 Å². The van der Waals surface area contributed by atoms with Gasteiger partial charge >= 0.3 is 14.8 Å². The molecule has 0 bridgehead atoms. The number of para-hydroxylation sites is 4. The van der Waals surface area contributed by atoms with E-state index < -0.39 is 36.8 Å². The third-order valence-electron chi connectivity index (χ3n) is 9.62. The maximum atomic E-state index is 16.3. The monoisotopic (exact) mass is 808 g/mol. The number of benzene rings is 4. The molecule has 0 saturated carbocycles. The van der Waals surface area contributed by atoms with Crippen molar-refractivity contribution in [1.82, 2.24) is 18.9 Å². The zero-order valence-corrected chi connectivity index (χ0v) is 32.8. The molecule has 0 aliphatic heterocycles. The van der Waals surface area contributed by atoms with Gasteiger partial charge in [-0.2, -0.15) is 5.26 Å². The topological polar surface area (TPSA) is 109 Å². The lowest BCUT2D eigenvalue weighted by Crippen LogP contribution is -2.32. The lowest BCUT2D eigenvalue weighted by Gasteiger charge is -2.14. The molecule has 0 fully saturated rings. The normalized spacial score (nSPS) is 12.6. The maximum Gasteiger partial charge on any atom is 0.678 e. The maximum absolute atomic E-state index is 16.3. The highest BCUT2D eigenvalue weighted by Crippen LogP contribution is 2.39. The Morgan fingerprint density at radius 3 is 1.63 bits per heavy atom. The number of hydrogen-bond donors (Lipinski definition) is 0. The zero-order chi connectivity index (χ0) is 42.2. The van der Waals surface area contributed by atoms with E-state index in [1.165, 1.54) is 24.3 Å². The zero-order valence-electron chi connectivity index (χ0n) is 32.8. The molecule has 4 heterocycles. The van der Waals surface area contributed by atoms with Gasteiger partial charge in [0, 0.05) is 33.3 Å². The number of ether oxygens (including phenoxy) is 2. The molecule has 8 rings (SSSR count). The van der Waals surface area contributed by atoms with Crippen molar-refractivity contribution >= 4 is 59.0 Å². The number of nitriles is 1. The van der Waals surface area contributed by atoms with E-state index in [2.05, 4.69) is 14.8 Å². The Morgan fingerprint density at radius 1 is 0.700 bits per heavy atom. The summed E-state index contributed by atoms with van der Waals surface area (Å²) in [5.41, 5.74) is -0.0576. The first-order valence-electron chi connectivity index (χ1n) is 19.1. The molecule has 0 atom stereocenters. The molecule has 0 aliphatic rings. The first-order chi connectivity index (χ1) is 29.0. The van der Waals surface area contributed by atoms with Crippen LogP contribution in [0.2, 0.25) is 0 Å². The molecule has 0 N–H and O–H groups in total. The van der Waals surface area contributed by atoms with E-state index in [1.807, 2.05) is 33.8 Å². The number of oxazole rings is 2. The summed E-state index contributed by atoms with van der Waals surface area (Å²) < 4.78 is 90.3. The van der Waals surface area contributed by atoms with Gasteiger partial charge in [-0.25, -0.2) is 14.8 Å². The van der Waals surface area contributed by atoms with Gasteiger partial charge in [-0.1, -0.05) is 76.2 Å². The van der Waals surface area contributed by atoms with Crippen LogP contribution in [0.1, 0.15) is 39.5 Å². The minimum atomic E-state index is -3.38. The van der Waals surface area contributed by atoms with Crippen LogP contribution in [0.4, 0.5) is 17.3 Å². The van der Waals surface area contributed by atoms with E-state index in [-0.39, 0.29) is 68.1 Å². The highest BCUT2D eigenvalue weighted by Gasteiger charge is 2.37. The van der Waals surface area contributed by atoms with E-state index in [0.717, 1.165) is 0 Å². The molecule has 0 unspecified atom stereocenters. The summed E-state index contributed by atoms with van der Waals surface area (Å²) in [5.74, 6) is 0.229. The highest BCUT2D eigenvalue weighted by molar-refractivity contribution is 6.45. The molecule has 8 aromatic rings. The molecule has 0 radical (unpaired) electrons. The third-order valence-corrected chi connectivity index (χ3v) is 9.62. The minimum absolute atomic E-state index is 0.114. The number of nitrogens with zero attached hydrogens (tertiary/aromatic N) is 6. The van der Waals surface area contributed by atoms with Crippen molar-refractivity contribution in [3.63, 3.8) is 0 Å². The summed E-state index contributed by atoms with van der Waals surface area (Å²) >= 11 is 0. The van der Waals surface area contributed by atoms with Gasteiger partial charge in [0.1, 0.15) is 34.2 Å². The number of aromatic nitrogens is 4. The van der Waals surface area contributed by atoms with Gasteiger partial charge in [0.25, 0.3) is 5.70 Å². The molecular formula is C44H34B2F4N6O4. The molecule has 4 aromatic carbocycles. The van der Waals surface area contributed by atoms with Gasteiger partial charge in [-0.05, 0) is 60.4 Å². The molecule has 4 aromatic heterocycles. The highest BCUT2D eigenvalue weighted by atomic mass is 19.2. The average Bonchev–Trinajstić information content (AvgIpc) is 4.01. The van der Waals surface area contributed by atoms with Crippen molar-refractivity contribution in [3.05, 3.63) is 131 Å². The summed E-state index contributed by atoms with van der Waals surface area (Å²) in [4.78, 5) is 12.7. The van der Waals surface area contributed by atoms with E-state index in [9.17, 15) is 5.26 Å². The predicted molar refractivity (Wildman–Crippen MR) is 223 cm³/mol. The Kier molecular flexibility index (Phi) is 10.7. The largest absolute Gasteiger partial charge is 0.678 e. The fourth-order valence-electron chi connectivity index (χ4n) is 7.19. The second kappa shape index (κ2) is 16.2. The van der Waals surface area contributed by atoms with Crippen LogP contribution in [-0.4, -0.2) is 46.9 Å². The van der Waals surface area contributed by atoms with Gasteiger partial charge in [-0.3, -0.25) is 17.3 Å². The van der Waals surface area contributed by atoms with E-state index in [0.29, 0.717) is 44.7 Å². The Morgan fingerprint density at radius 2 is 1.17 bits per heavy atom.